The maximum atomic E-state index is 12.3. The van der Waals surface area contributed by atoms with Gasteiger partial charge in [0, 0.05) is 18.8 Å². The molecule has 5 nitrogen and oxygen atoms in total. The van der Waals surface area contributed by atoms with E-state index in [9.17, 15) is 9.59 Å². The van der Waals surface area contributed by atoms with Crippen molar-refractivity contribution >= 4 is 23.2 Å². The van der Waals surface area contributed by atoms with Crippen LogP contribution < -0.4 is 17.0 Å². The first kappa shape index (κ1) is 15.8. The van der Waals surface area contributed by atoms with Crippen molar-refractivity contribution in [1.29, 1.82) is 0 Å². The van der Waals surface area contributed by atoms with Gasteiger partial charge in [0.1, 0.15) is 0 Å². The van der Waals surface area contributed by atoms with Crippen LogP contribution in [0.4, 0.5) is 0 Å². The molecule has 2 aromatic rings. The Morgan fingerprint density at radius 3 is 2.52 bits per heavy atom. The molecule has 2 rings (SSSR count). The molecule has 0 unspecified atom stereocenters. The lowest BCUT2D eigenvalue weighted by Crippen LogP contribution is -2.39. The minimum atomic E-state index is -0.359. The molecule has 112 valence electrons. The summed E-state index contributed by atoms with van der Waals surface area (Å²) in [6.45, 7) is 1.06. The molecule has 0 bridgehead atoms. The van der Waals surface area contributed by atoms with Gasteiger partial charge in [0.05, 0.1) is 16.6 Å². The highest BCUT2D eigenvalue weighted by molar-refractivity contribution is 6.42. The highest BCUT2D eigenvalue weighted by atomic mass is 35.5. The molecule has 21 heavy (non-hydrogen) atoms. The van der Waals surface area contributed by atoms with Crippen LogP contribution in [-0.4, -0.2) is 15.7 Å². The summed E-state index contributed by atoms with van der Waals surface area (Å²) in [6, 6.07) is 6.53. The highest BCUT2D eigenvalue weighted by Gasteiger charge is 2.06. The van der Waals surface area contributed by atoms with E-state index in [1.807, 2.05) is 0 Å². The SMILES string of the molecule is NCCCn1c(=O)ccn(Cc2ccc(Cl)c(Cl)c2)c1=O. The van der Waals surface area contributed by atoms with Gasteiger partial charge in [-0.1, -0.05) is 29.3 Å². The van der Waals surface area contributed by atoms with Gasteiger partial charge in [0.15, 0.2) is 0 Å². The Bertz CT molecular complexity index is 753. The number of aromatic nitrogens is 2. The average Bonchev–Trinajstić information content (AvgIpc) is 2.46. The van der Waals surface area contributed by atoms with Crippen molar-refractivity contribution < 1.29 is 0 Å². The van der Waals surface area contributed by atoms with Gasteiger partial charge in [-0.2, -0.15) is 0 Å². The Hall–Kier alpha value is -1.56. The molecule has 0 saturated carbocycles. The lowest BCUT2D eigenvalue weighted by Gasteiger charge is -2.10. The Morgan fingerprint density at radius 2 is 1.86 bits per heavy atom. The maximum absolute atomic E-state index is 12.3. The monoisotopic (exact) mass is 327 g/mol. The van der Waals surface area contributed by atoms with Crippen molar-refractivity contribution in [1.82, 2.24) is 9.13 Å². The van der Waals surface area contributed by atoms with Crippen LogP contribution in [0.1, 0.15) is 12.0 Å². The third kappa shape index (κ3) is 3.75. The maximum Gasteiger partial charge on any atom is 0.331 e. The minimum Gasteiger partial charge on any atom is -0.330 e. The summed E-state index contributed by atoms with van der Waals surface area (Å²) in [7, 11) is 0. The molecule has 0 aliphatic carbocycles. The Labute approximate surface area is 131 Å². The molecule has 0 atom stereocenters. The molecule has 0 fully saturated rings. The first-order valence-electron chi connectivity index (χ1n) is 6.47. The van der Waals surface area contributed by atoms with E-state index in [4.69, 9.17) is 28.9 Å². The standard InChI is InChI=1S/C14H15Cl2N3O2/c15-11-3-2-10(8-12(11)16)9-18-7-4-13(20)19(14(18)21)6-1-5-17/h2-4,7-8H,1,5-6,9,17H2. The molecule has 2 N–H and O–H groups in total. The summed E-state index contributed by atoms with van der Waals surface area (Å²) in [6.07, 6.45) is 2.05. The van der Waals surface area contributed by atoms with Crippen LogP contribution in [0.5, 0.6) is 0 Å². The second-order valence-electron chi connectivity index (χ2n) is 4.61. The fraction of sp³-hybridized carbons (Fsp3) is 0.286. The number of benzene rings is 1. The minimum absolute atomic E-state index is 0.316. The van der Waals surface area contributed by atoms with E-state index in [0.717, 1.165) is 5.56 Å². The van der Waals surface area contributed by atoms with E-state index in [-0.39, 0.29) is 11.2 Å². The van der Waals surface area contributed by atoms with Crippen LogP contribution in [0, 0.1) is 0 Å². The Kier molecular flexibility index (Phi) is 5.22. The van der Waals surface area contributed by atoms with Gasteiger partial charge in [-0.25, -0.2) is 4.79 Å². The van der Waals surface area contributed by atoms with Crippen LogP contribution in [0.15, 0.2) is 40.1 Å². The normalized spacial score (nSPS) is 10.8. The molecule has 7 heteroatoms. The van der Waals surface area contributed by atoms with Crippen molar-refractivity contribution in [3.63, 3.8) is 0 Å². The smallest absolute Gasteiger partial charge is 0.330 e. The van der Waals surface area contributed by atoms with Crippen molar-refractivity contribution in [3.05, 3.63) is 66.9 Å². The molecule has 0 radical (unpaired) electrons. The summed E-state index contributed by atoms with van der Waals surface area (Å²) in [5, 5.41) is 0.888. The molecule has 0 saturated heterocycles. The summed E-state index contributed by atoms with van der Waals surface area (Å²) in [5.74, 6) is 0. The van der Waals surface area contributed by atoms with E-state index in [1.165, 1.54) is 21.4 Å². The van der Waals surface area contributed by atoms with Crippen LogP contribution in [0.3, 0.4) is 0 Å². The van der Waals surface area contributed by atoms with Crippen LogP contribution >= 0.6 is 23.2 Å². The topological polar surface area (TPSA) is 70.0 Å². The molecule has 1 aromatic heterocycles. The number of hydrogen-bond acceptors (Lipinski definition) is 3. The summed E-state index contributed by atoms with van der Waals surface area (Å²) >= 11 is 11.8. The molecular formula is C14H15Cl2N3O2. The molecule has 0 aliphatic rings. The number of halogens is 2. The van der Waals surface area contributed by atoms with Crippen LogP contribution in [0.25, 0.3) is 0 Å². The van der Waals surface area contributed by atoms with Crippen LogP contribution in [0.2, 0.25) is 10.0 Å². The third-order valence-electron chi connectivity index (χ3n) is 3.06. The zero-order valence-electron chi connectivity index (χ0n) is 11.3. The van der Waals surface area contributed by atoms with Crippen molar-refractivity contribution in [3.8, 4) is 0 Å². The van der Waals surface area contributed by atoms with Gasteiger partial charge in [-0.3, -0.25) is 13.9 Å². The van der Waals surface area contributed by atoms with Gasteiger partial charge in [0.2, 0.25) is 0 Å². The largest absolute Gasteiger partial charge is 0.331 e. The highest BCUT2D eigenvalue weighted by Crippen LogP contribution is 2.22. The average molecular weight is 328 g/mol. The number of rotatable bonds is 5. The number of nitrogens with zero attached hydrogens (tertiary/aromatic N) is 2. The van der Waals surface area contributed by atoms with Gasteiger partial charge in [0.25, 0.3) is 5.56 Å². The first-order valence-corrected chi connectivity index (χ1v) is 7.23. The molecule has 0 spiro atoms. The number of nitrogens with two attached hydrogens (primary N) is 1. The predicted molar refractivity (Wildman–Crippen MR) is 84.2 cm³/mol. The molecular weight excluding hydrogens is 313 g/mol. The summed E-state index contributed by atoms with van der Waals surface area (Å²) in [4.78, 5) is 24.0. The second kappa shape index (κ2) is 6.93. The fourth-order valence-electron chi connectivity index (χ4n) is 1.97. The van der Waals surface area contributed by atoms with E-state index in [1.54, 1.807) is 18.2 Å². The predicted octanol–water partition coefficient (Wildman–Crippen LogP) is 1.71. The van der Waals surface area contributed by atoms with E-state index < -0.39 is 0 Å². The molecule has 0 amide bonds. The Morgan fingerprint density at radius 1 is 1.10 bits per heavy atom. The lowest BCUT2D eigenvalue weighted by atomic mass is 10.2. The van der Waals surface area contributed by atoms with Crippen molar-refractivity contribution in [2.45, 2.75) is 19.5 Å². The molecule has 1 heterocycles. The van der Waals surface area contributed by atoms with Gasteiger partial charge in [-0.15, -0.1) is 0 Å². The Balaban J connectivity index is 2.34. The molecule has 0 aliphatic heterocycles. The zero-order chi connectivity index (χ0) is 15.4. The quantitative estimate of drug-likeness (QED) is 0.908. The van der Waals surface area contributed by atoms with Crippen molar-refractivity contribution in [2.24, 2.45) is 5.73 Å². The second-order valence-corrected chi connectivity index (χ2v) is 5.42. The van der Waals surface area contributed by atoms with E-state index >= 15 is 0 Å². The summed E-state index contributed by atoms with van der Waals surface area (Å²) in [5.41, 5.74) is 5.57. The summed E-state index contributed by atoms with van der Waals surface area (Å²) < 4.78 is 2.64. The lowest BCUT2D eigenvalue weighted by molar-refractivity contribution is 0.554. The zero-order valence-corrected chi connectivity index (χ0v) is 12.8. The van der Waals surface area contributed by atoms with Gasteiger partial charge >= 0.3 is 5.69 Å². The fourth-order valence-corrected chi connectivity index (χ4v) is 2.29. The van der Waals surface area contributed by atoms with Gasteiger partial charge < -0.3 is 5.73 Å². The van der Waals surface area contributed by atoms with Crippen LogP contribution in [-0.2, 0) is 13.1 Å². The number of hydrogen-bond donors (Lipinski definition) is 1. The van der Waals surface area contributed by atoms with Gasteiger partial charge in [-0.05, 0) is 30.7 Å². The van der Waals surface area contributed by atoms with E-state index in [0.29, 0.717) is 36.1 Å². The third-order valence-corrected chi connectivity index (χ3v) is 3.80. The van der Waals surface area contributed by atoms with Crippen molar-refractivity contribution in [2.75, 3.05) is 6.54 Å². The first-order chi connectivity index (χ1) is 10.0. The molecule has 1 aromatic carbocycles. The van der Waals surface area contributed by atoms with E-state index in [2.05, 4.69) is 0 Å².